The molecule has 0 spiro atoms. The van der Waals surface area contributed by atoms with E-state index in [2.05, 4.69) is 4.98 Å². The Balaban J connectivity index is 1.74. The Morgan fingerprint density at radius 2 is 2.39 bits per heavy atom. The summed E-state index contributed by atoms with van der Waals surface area (Å²) in [6.45, 7) is 1.78. The minimum atomic E-state index is -0.967. The molecule has 2 heterocycles. The third-order valence-corrected chi connectivity index (χ3v) is 2.90. The van der Waals surface area contributed by atoms with Crippen molar-refractivity contribution in [2.75, 3.05) is 13.2 Å². The smallest absolute Gasteiger partial charge is 0.337 e. The van der Waals surface area contributed by atoms with Gasteiger partial charge in [0, 0.05) is 12.8 Å². The zero-order valence-corrected chi connectivity index (χ0v) is 10.2. The molecule has 0 saturated carbocycles. The summed E-state index contributed by atoms with van der Waals surface area (Å²) < 4.78 is 11.1. The average Bonchev–Trinajstić information content (AvgIpc) is 2.40. The molecule has 1 fully saturated rings. The Kier molecular flexibility index (Phi) is 4.66. The van der Waals surface area contributed by atoms with Gasteiger partial charge in [-0.3, -0.25) is 4.98 Å². The van der Waals surface area contributed by atoms with E-state index in [-0.39, 0.29) is 11.7 Å². The maximum absolute atomic E-state index is 10.6. The van der Waals surface area contributed by atoms with Crippen LogP contribution in [0.2, 0.25) is 0 Å². The number of ether oxygens (including phenoxy) is 2. The van der Waals surface area contributed by atoms with E-state index in [1.807, 2.05) is 0 Å². The second kappa shape index (κ2) is 6.47. The maximum atomic E-state index is 10.6. The van der Waals surface area contributed by atoms with Crippen LogP contribution in [0, 0.1) is 0 Å². The molecule has 1 aromatic heterocycles. The predicted molar refractivity (Wildman–Crippen MR) is 64.4 cm³/mol. The monoisotopic (exact) mass is 251 g/mol. The largest absolute Gasteiger partial charge is 0.478 e. The van der Waals surface area contributed by atoms with Crippen molar-refractivity contribution in [1.29, 1.82) is 0 Å². The van der Waals surface area contributed by atoms with Gasteiger partial charge in [-0.2, -0.15) is 0 Å². The summed E-state index contributed by atoms with van der Waals surface area (Å²) in [5, 5.41) is 8.73. The highest BCUT2D eigenvalue weighted by Crippen LogP contribution is 2.13. The Labute approximate surface area is 106 Å². The van der Waals surface area contributed by atoms with Gasteiger partial charge < -0.3 is 14.6 Å². The SMILES string of the molecule is O=C(O)c1ccc(COCC2CCCCO2)nc1. The van der Waals surface area contributed by atoms with E-state index in [1.54, 1.807) is 6.07 Å². The third-order valence-electron chi connectivity index (χ3n) is 2.90. The molecule has 1 atom stereocenters. The van der Waals surface area contributed by atoms with E-state index in [1.165, 1.54) is 18.7 Å². The first-order valence-corrected chi connectivity index (χ1v) is 6.13. The van der Waals surface area contributed by atoms with Crippen molar-refractivity contribution in [3.8, 4) is 0 Å². The fourth-order valence-corrected chi connectivity index (χ4v) is 1.87. The van der Waals surface area contributed by atoms with Gasteiger partial charge in [-0.25, -0.2) is 4.79 Å². The first-order chi connectivity index (χ1) is 8.75. The molecule has 5 nitrogen and oxygen atoms in total. The highest BCUT2D eigenvalue weighted by molar-refractivity contribution is 5.87. The van der Waals surface area contributed by atoms with E-state index in [0.29, 0.717) is 13.2 Å². The molecule has 1 aliphatic heterocycles. The zero-order valence-electron chi connectivity index (χ0n) is 10.2. The molecule has 0 aliphatic carbocycles. The lowest BCUT2D eigenvalue weighted by Crippen LogP contribution is -2.24. The summed E-state index contributed by atoms with van der Waals surface area (Å²) in [5.74, 6) is -0.967. The number of carboxylic acid groups (broad SMARTS) is 1. The lowest BCUT2D eigenvalue weighted by Gasteiger charge is -2.22. The fraction of sp³-hybridized carbons (Fsp3) is 0.538. The third kappa shape index (κ3) is 3.78. The van der Waals surface area contributed by atoms with Crippen molar-refractivity contribution in [3.05, 3.63) is 29.6 Å². The Morgan fingerprint density at radius 3 is 3.00 bits per heavy atom. The van der Waals surface area contributed by atoms with Crippen LogP contribution in [0.15, 0.2) is 18.3 Å². The molecule has 0 radical (unpaired) electrons. The van der Waals surface area contributed by atoms with Crippen LogP contribution in [-0.2, 0) is 16.1 Å². The van der Waals surface area contributed by atoms with Crippen molar-refractivity contribution in [3.63, 3.8) is 0 Å². The number of carboxylic acids is 1. The maximum Gasteiger partial charge on any atom is 0.337 e. The molecule has 1 saturated heterocycles. The number of hydrogen-bond donors (Lipinski definition) is 1. The molecule has 0 aromatic carbocycles. The van der Waals surface area contributed by atoms with Gasteiger partial charge in [0.2, 0.25) is 0 Å². The van der Waals surface area contributed by atoms with E-state index < -0.39 is 5.97 Å². The topological polar surface area (TPSA) is 68.7 Å². The molecule has 5 heteroatoms. The van der Waals surface area contributed by atoms with Crippen LogP contribution in [0.4, 0.5) is 0 Å². The summed E-state index contributed by atoms with van der Waals surface area (Å²) in [7, 11) is 0. The van der Waals surface area contributed by atoms with Crippen molar-refractivity contribution in [2.24, 2.45) is 0 Å². The molecular weight excluding hydrogens is 234 g/mol. The molecule has 1 aliphatic rings. The minimum Gasteiger partial charge on any atom is -0.478 e. The average molecular weight is 251 g/mol. The Hall–Kier alpha value is -1.46. The normalized spacial score (nSPS) is 19.7. The number of rotatable bonds is 5. The van der Waals surface area contributed by atoms with Crippen LogP contribution >= 0.6 is 0 Å². The number of aromatic nitrogens is 1. The second-order valence-electron chi connectivity index (χ2n) is 4.35. The van der Waals surface area contributed by atoms with Gasteiger partial charge >= 0.3 is 5.97 Å². The lowest BCUT2D eigenvalue weighted by atomic mass is 10.1. The number of hydrogen-bond acceptors (Lipinski definition) is 4. The first-order valence-electron chi connectivity index (χ1n) is 6.13. The van der Waals surface area contributed by atoms with E-state index >= 15 is 0 Å². The van der Waals surface area contributed by atoms with Gasteiger partial charge in [0.1, 0.15) is 0 Å². The summed E-state index contributed by atoms with van der Waals surface area (Å²) in [5.41, 5.74) is 0.921. The lowest BCUT2D eigenvalue weighted by molar-refractivity contribution is -0.0452. The Morgan fingerprint density at radius 1 is 1.50 bits per heavy atom. The number of nitrogens with zero attached hydrogens (tertiary/aromatic N) is 1. The first kappa shape index (κ1) is 13.0. The fourth-order valence-electron chi connectivity index (χ4n) is 1.87. The van der Waals surface area contributed by atoms with Crippen LogP contribution in [0.25, 0.3) is 0 Å². The van der Waals surface area contributed by atoms with Crippen molar-refractivity contribution in [2.45, 2.75) is 32.0 Å². The quantitative estimate of drug-likeness (QED) is 0.865. The molecular formula is C13H17NO4. The zero-order chi connectivity index (χ0) is 12.8. The van der Waals surface area contributed by atoms with Gasteiger partial charge in [0.05, 0.1) is 30.6 Å². The van der Waals surface area contributed by atoms with E-state index in [9.17, 15) is 4.79 Å². The molecule has 1 aromatic rings. The van der Waals surface area contributed by atoms with Crippen molar-refractivity contribution < 1.29 is 19.4 Å². The molecule has 1 N–H and O–H groups in total. The number of aromatic carboxylic acids is 1. The van der Waals surface area contributed by atoms with Gasteiger partial charge in [0.25, 0.3) is 0 Å². The molecule has 98 valence electrons. The molecule has 0 bridgehead atoms. The molecule has 18 heavy (non-hydrogen) atoms. The molecule has 2 rings (SSSR count). The van der Waals surface area contributed by atoms with Crippen molar-refractivity contribution >= 4 is 5.97 Å². The second-order valence-corrected chi connectivity index (χ2v) is 4.35. The summed E-state index contributed by atoms with van der Waals surface area (Å²) >= 11 is 0. The summed E-state index contributed by atoms with van der Waals surface area (Å²) in [6, 6.07) is 3.20. The molecule has 1 unspecified atom stereocenters. The standard InChI is InChI=1S/C13H17NO4/c15-13(16)10-4-5-11(14-7-10)8-17-9-12-3-1-2-6-18-12/h4-5,7,12H,1-3,6,8-9H2,(H,15,16). The van der Waals surface area contributed by atoms with Crippen LogP contribution in [-0.4, -0.2) is 35.4 Å². The highest BCUT2D eigenvalue weighted by Gasteiger charge is 2.13. The van der Waals surface area contributed by atoms with Gasteiger partial charge in [0.15, 0.2) is 0 Å². The van der Waals surface area contributed by atoms with Gasteiger partial charge in [-0.15, -0.1) is 0 Å². The van der Waals surface area contributed by atoms with Crippen LogP contribution in [0.3, 0.4) is 0 Å². The van der Waals surface area contributed by atoms with Crippen LogP contribution < -0.4 is 0 Å². The van der Waals surface area contributed by atoms with Gasteiger partial charge in [-0.1, -0.05) is 0 Å². The number of carbonyl (C=O) groups is 1. The van der Waals surface area contributed by atoms with Crippen molar-refractivity contribution in [1.82, 2.24) is 4.98 Å². The Bertz CT molecular complexity index is 384. The minimum absolute atomic E-state index is 0.189. The van der Waals surface area contributed by atoms with E-state index in [4.69, 9.17) is 14.6 Å². The summed E-state index contributed by atoms with van der Waals surface area (Å²) in [4.78, 5) is 14.7. The van der Waals surface area contributed by atoms with E-state index in [0.717, 1.165) is 25.1 Å². The molecule has 0 amide bonds. The predicted octanol–water partition coefficient (Wildman–Crippen LogP) is 1.87. The van der Waals surface area contributed by atoms with Gasteiger partial charge in [-0.05, 0) is 31.4 Å². The highest BCUT2D eigenvalue weighted by atomic mass is 16.5. The van der Waals surface area contributed by atoms with Crippen LogP contribution in [0.5, 0.6) is 0 Å². The van der Waals surface area contributed by atoms with Crippen LogP contribution in [0.1, 0.15) is 35.3 Å². The number of pyridine rings is 1. The summed E-state index contributed by atoms with van der Waals surface area (Å²) in [6.07, 6.45) is 4.91.